The van der Waals surface area contributed by atoms with Gasteiger partial charge >= 0.3 is 0 Å². The van der Waals surface area contributed by atoms with E-state index < -0.39 is 11.2 Å². The van der Waals surface area contributed by atoms with Crippen LogP contribution in [0.15, 0.2) is 50.6 Å². The third-order valence-corrected chi connectivity index (χ3v) is 3.63. The van der Waals surface area contributed by atoms with Crippen LogP contribution in [0.4, 0.5) is 0 Å². The first-order chi connectivity index (χ1) is 9.45. The lowest BCUT2D eigenvalue weighted by molar-refractivity contribution is 0.0204. The highest BCUT2D eigenvalue weighted by Gasteiger charge is 2.26. The standard InChI is InChI=1S/C18H30O2/c1-5-11-17(19,12-6-2)15-9-10-16-18(20,13-7-3)14-8-4/h5-8,19-20H,1-4,9-16H2. The molecule has 2 N–H and O–H groups in total. The molecule has 0 bridgehead atoms. The summed E-state index contributed by atoms with van der Waals surface area (Å²) in [7, 11) is 0. The van der Waals surface area contributed by atoms with E-state index in [2.05, 4.69) is 26.3 Å². The zero-order chi connectivity index (χ0) is 15.5. The average Bonchev–Trinajstić information content (AvgIpc) is 2.36. The van der Waals surface area contributed by atoms with Crippen LogP contribution in [0.3, 0.4) is 0 Å². The lowest BCUT2D eigenvalue weighted by Crippen LogP contribution is -2.29. The van der Waals surface area contributed by atoms with Crippen molar-refractivity contribution in [3.8, 4) is 0 Å². The second-order valence-corrected chi connectivity index (χ2v) is 5.63. The molecule has 0 fully saturated rings. The Morgan fingerprint density at radius 2 is 0.850 bits per heavy atom. The summed E-state index contributed by atoms with van der Waals surface area (Å²) in [6.07, 6.45) is 12.4. The fourth-order valence-electron chi connectivity index (χ4n) is 2.56. The van der Waals surface area contributed by atoms with Crippen LogP contribution in [0.2, 0.25) is 0 Å². The van der Waals surface area contributed by atoms with Crippen molar-refractivity contribution in [3.63, 3.8) is 0 Å². The molecule has 0 heterocycles. The molecule has 0 aromatic heterocycles. The maximum Gasteiger partial charge on any atom is 0.0716 e. The third-order valence-electron chi connectivity index (χ3n) is 3.63. The van der Waals surface area contributed by atoms with E-state index in [-0.39, 0.29) is 0 Å². The van der Waals surface area contributed by atoms with Gasteiger partial charge in [0.25, 0.3) is 0 Å². The van der Waals surface area contributed by atoms with E-state index in [1.165, 1.54) is 0 Å². The Kier molecular flexibility index (Phi) is 9.19. The van der Waals surface area contributed by atoms with Gasteiger partial charge in [-0.1, -0.05) is 37.1 Å². The van der Waals surface area contributed by atoms with Gasteiger partial charge in [-0.2, -0.15) is 0 Å². The Bertz CT molecular complexity index is 265. The van der Waals surface area contributed by atoms with E-state index in [0.717, 1.165) is 12.8 Å². The molecule has 0 saturated carbocycles. The molecule has 0 radical (unpaired) electrons. The fraction of sp³-hybridized carbons (Fsp3) is 0.556. The highest BCUT2D eigenvalue weighted by atomic mass is 16.3. The van der Waals surface area contributed by atoms with Gasteiger partial charge in [0.1, 0.15) is 0 Å². The zero-order valence-electron chi connectivity index (χ0n) is 12.7. The predicted octanol–water partition coefficient (Wildman–Crippen LogP) is 4.31. The smallest absolute Gasteiger partial charge is 0.0716 e. The maximum absolute atomic E-state index is 10.4. The molecule has 2 nitrogen and oxygen atoms in total. The Morgan fingerprint density at radius 1 is 0.600 bits per heavy atom. The Balaban J connectivity index is 4.26. The van der Waals surface area contributed by atoms with E-state index in [1.807, 2.05) is 0 Å². The van der Waals surface area contributed by atoms with Crippen LogP contribution in [-0.2, 0) is 0 Å². The van der Waals surface area contributed by atoms with Crippen LogP contribution in [0.25, 0.3) is 0 Å². The van der Waals surface area contributed by atoms with Crippen molar-refractivity contribution in [3.05, 3.63) is 50.6 Å². The minimum Gasteiger partial charge on any atom is -0.389 e. The maximum atomic E-state index is 10.4. The van der Waals surface area contributed by atoms with Crippen molar-refractivity contribution in [1.29, 1.82) is 0 Å². The van der Waals surface area contributed by atoms with Crippen LogP contribution in [0.1, 0.15) is 51.4 Å². The molecule has 0 atom stereocenters. The lowest BCUT2D eigenvalue weighted by Gasteiger charge is -2.28. The lowest BCUT2D eigenvalue weighted by atomic mass is 9.85. The van der Waals surface area contributed by atoms with Gasteiger partial charge in [-0.05, 0) is 38.5 Å². The summed E-state index contributed by atoms with van der Waals surface area (Å²) in [6, 6.07) is 0. The van der Waals surface area contributed by atoms with Crippen LogP contribution in [0.5, 0.6) is 0 Å². The van der Waals surface area contributed by atoms with Crippen molar-refractivity contribution in [2.24, 2.45) is 0 Å². The summed E-state index contributed by atoms with van der Waals surface area (Å²) in [5.74, 6) is 0. The van der Waals surface area contributed by atoms with Gasteiger partial charge in [0, 0.05) is 0 Å². The van der Waals surface area contributed by atoms with Crippen molar-refractivity contribution >= 4 is 0 Å². The normalized spacial score (nSPS) is 11.9. The molecule has 0 aliphatic heterocycles. The van der Waals surface area contributed by atoms with Gasteiger partial charge in [-0.3, -0.25) is 0 Å². The zero-order valence-corrected chi connectivity index (χ0v) is 12.7. The van der Waals surface area contributed by atoms with Crippen LogP contribution in [0, 0.1) is 0 Å². The Hall–Kier alpha value is -1.12. The number of aliphatic hydroxyl groups is 2. The van der Waals surface area contributed by atoms with Crippen molar-refractivity contribution in [1.82, 2.24) is 0 Å². The minimum absolute atomic E-state index is 0.572. The molecule has 0 spiro atoms. The first kappa shape index (κ1) is 18.9. The van der Waals surface area contributed by atoms with Crippen molar-refractivity contribution in [2.75, 3.05) is 0 Å². The first-order valence-electron chi connectivity index (χ1n) is 7.33. The van der Waals surface area contributed by atoms with Gasteiger partial charge < -0.3 is 10.2 Å². The average molecular weight is 278 g/mol. The molecule has 0 amide bonds. The van der Waals surface area contributed by atoms with Gasteiger partial charge in [-0.25, -0.2) is 0 Å². The number of rotatable bonds is 13. The monoisotopic (exact) mass is 278 g/mol. The quantitative estimate of drug-likeness (QED) is 0.389. The van der Waals surface area contributed by atoms with Crippen molar-refractivity contribution < 1.29 is 10.2 Å². The summed E-state index contributed by atoms with van der Waals surface area (Å²) >= 11 is 0. The molecule has 0 aromatic carbocycles. The Morgan fingerprint density at radius 3 is 1.05 bits per heavy atom. The van der Waals surface area contributed by atoms with Crippen LogP contribution >= 0.6 is 0 Å². The topological polar surface area (TPSA) is 40.5 Å². The van der Waals surface area contributed by atoms with Crippen LogP contribution in [-0.4, -0.2) is 21.4 Å². The third kappa shape index (κ3) is 7.46. The molecular formula is C18H30O2. The number of hydrogen-bond donors (Lipinski definition) is 2. The molecule has 0 aromatic rings. The largest absolute Gasteiger partial charge is 0.389 e. The summed E-state index contributed by atoms with van der Waals surface area (Å²) in [6.45, 7) is 14.8. The molecule has 0 aliphatic rings. The number of unbranched alkanes of at least 4 members (excludes halogenated alkanes) is 1. The molecule has 2 heteroatoms. The second kappa shape index (κ2) is 9.73. The van der Waals surface area contributed by atoms with Gasteiger partial charge in [0.05, 0.1) is 11.2 Å². The first-order valence-corrected chi connectivity index (χ1v) is 7.33. The second-order valence-electron chi connectivity index (χ2n) is 5.63. The predicted molar refractivity (Wildman–Crippen MR) is 87.6 cm³/mol. The van der Waals surface area contributed by atoms with E-state index in [0.29, 0.717) is 38.5 Å². The van der Waals surface area contributed by atoms with Gasteiger partial charge in [0.15, 0.2) is 0 Å². The summed E-state index contributed by atoms with van der Waals surface area (Å²) in [4.78, 5) is 0. The Labute approximate surface area is 124 Å². The van der Waals surface area contributed by atoms with Crippen LogP contribution < -0.4 is 0 Å². The minimum atomic E-state index is -0.738. The molecule has 114 valence electrons. The highest BCUT2D eigenvalue weighted by molar-refractivity contribution is 4.94. The molecular weight excluding hydrogens is 248 g/mol. The highest BCUT2D eigenvalue weighted by Crippen LogP contribution is 2.28. The summed E-state index contributed by atoms with van der Waals surface area (Å²) in [5.41, 5.74) is -1.48. The molecule has 20 heavy (non-hydrogen) atoms. The van der Waals surface area contributed by atoms with Gasteiger partial charge in [-0.15, -0.1) is 26.3 Å². The summed E-state index contributed by atoms with van der Waals surface area (Å²) in [5, 5.41) is 20.8. The van der Waals surface area contributed by atoms with E-state index >= 15 is 0 Å². The molecule has 0 aliphatic carbocycles. The molecule has 0 rings (SSSR count). The van der Waals surface area contributed by atoms with E-state index in [9.17, 15) is 10.2 Å². The van der Waals surface area contributed by atoms with E-state index in [4.69, 9.17) is 0 Å². The van der Waals surface area contributed by atoms with E-state index in [1.54, 1.807) is 24.3 Å². The fourth-order valence-corrected chi connectivity index (χ4v) is 2.56. The number of hydrogen-bond acceptors (Lipinski definition) is 2. The SMILES string of the molecule is C=CCC(O)(CC=C)CCCCC(O)(CC=C)CC=C. The molecule has 0 unspecified atom stereocenters. The summed E-state index contributed by atoms with van der Waals surface area (Å²) < 4.78 is 0. The molecule has 0 saturated heterocycles. The van der Waals surface area contributed by atoms with Gasteiger partial charge in [0.2, 0.25) is 0 Å². The van der Waals surface area contributed by atoms with Crippen molar-refractivity contribution in [2.45, 2.75) is 62.6 Å².